The molecular weight excluding hydrogens is 383 g/mol. The lowest BCUT2D eigenvalue weighted by Crippen LogP contribution is -2.13. The number of rotatable bonds is 3. The van der Waals surface area contributed by atoms with Gasteiger partial charge in [0.1, 0.15) is 5.56 Å². The monoisotopic (exact) mass is 388 g/mol. The van der Waals surface area contributed by atoms with Crippen LogP contribution in [-0.2, 0) is 0 Å². The molecule has 108 valence electrons. The molecule has 0 unspecified atom stereocenters. The number of hydrogen-bond acceptors (Lipinski definition) is 3. The van der Waals surface area contributed by atoms with Crippen molar-refractivity contribution in [3.8, 4) is 0 Å². The minimum Gasteiger partial charge on any atom is -0.322 e. The van der Waals surface area contributed by atoms with E-state index in [9.17, 15) is 14.9 Å². The smallest absolute Gasteiger partial charge is 0.283 e. The SMILES string of the molecule is O=C(Nc1ccc(Br)c(Cl)c1)c1ccc(Cl)cc1[N+](=O)[O-]. The third-order valence-corrected chi connectivity index (χ3v) is 4.05. The molecule has 1 amide bonds. The number of carbonyl (C=O) groups is 1. The summed E-state index contributed by atoms with van der Waals surface area (Å²) >= 11 is 14.9. The molecule has 2 aromatic rings. The second-order valence-electron chi connectivity index (χ2n) is 4.00. The Morgan fingerprint density at radius 1 is 1.19 bits per heavy atom. The van der Waals surface area contributed by atoms with Crippen LogP contribution in [0.5, 0.6) is 0 Å². The van der Waals surface area contributed by atoms with E-state index in [0.717, 1.165) is 6.07 Å². The largest absolute Gasteiger partial charge is 0.322 e. The Morgan fingerprint density at radius 3 is 2.52 bits per heavy atom. The van der Waals surface area contributed by atoms with E-state index in [4.69, 9.17) is 23.2 Å². The molecule has 0 aliphatic heterocycles. The van der Waals surface area contributed by atoms with Crippen molar-refractivity contribution in [2.45, 2.75) is 0 Å². The summed E-state index contributed by atoms with van der Waals surface area (Å²) in [6.07, 6.45) is 0. The van der Waals surface area contributed by atoms with Crippen LogP contribution in [0.25, 0.3) is 0 Å². The Hall–Kier alpha value is -1.63. The number of hydrogen-bond donors (Lipinski definition) is 1. The summed E-state index contributed by atoms with van der Waals surface area (Å²) in [6.45, 7) is 0. The third-order valence-electron chi connectivity index (χ3n) is 2.58. The van der Waals surface area contributed by atoms with Gasteiger partial charge in [-0.1, -0.05) is 23.2 Å². The number of nitro groups is 1. The highest BCUT2D eigenvalue weighted by molar-refractivity contribution is 9.10. The first-order valence-electron chi connectivity index (χ1n) is 5.59. The molecule has 0 atom stereocenters. The van der Waals surface area contributed by atoms with Crippen molar-refractivity contribution in [1.82, 2.24) is 0 Å². The van der Waals surface area contributed by atoms with Crippen molar-refractivity contribution in [2.24, 2.45) is 0 Å². The molecule has 2 aromatic carbocycles. The van der Waals surface area contributed by atoms with Crippen molar-refractivity contribution in [1.29, 1.82) is 0 Å². The van der Waals surface area contributed by atoms with Gasteiger partial charge in [0, 0.05) is 21.2 Å². The van der Waals surface area contributed by atoms with Gasteiger partial charge in [-0.25, -0.2) is 0 Å². The molecule has 0 fully saturated rings. The zero-order valence-corrected chi connectivity index (χ0v) is 13.4. The number of benzene rings is 2. The maximum Gasteiger partial charge on any atom is 0.283 e. The van der Waals surface area contributed by atoms with Crippen LogP contribution in [0.2, 0.25) is 10.0 Å². The Morgan fingerprint density at radius 2 is 1.90 bits per heavy atom. The Balaban J connectivity index is 2.32. The summed E-state index contributed by atoms with van der Waals surface area (Å²) in [4.78, 5) is 22.4. The first-order valence-corrected chi connectivity index (χ1v) is 7.13. The molecule has 0 heterocycles. The van der Waals surface area contributed by atoms with E-state index in [1.54, 1.807) is 12.1 Å². The van der Waals surface area contributed by atoms with E-state index in [2.05, 4.69) is 21.2 Å². The van der Waals surface area contributed by atoms with Gasteiger partial charge in [-0.2, -0.15) is 0 Å². The van der Waals surface area contributed by atoms with Gasteiger partial charge in [0.15, 0.2) is 0 Å². The van der Waals surface area contributed by atoms with Crippen LogP contribution in [0.1, 0.15) is 10.4 Å². The Labute approximate surface area is 138 Å². The standard InChI is InChI=1S/C13H7BrCl2N2O3/c14-10-4-2-8(6-11(10)16)17-13(19)9-3-1-7(15)5-12(9)18(20)21/h1-6H,(H,17,19). The highest BCUT2D eigenvalue weighted by Crippen LogP contribution is 2.27. The van der Waals surface area contributed by atoms with Crippen LogP contribution in [0.15, 0.2) is 40.9 Å². The molecular formula is C13H7BrCl2N2O3. The highest BCUT2D eigenvalue weighted by Gasteiger charge is 2.20. The molecule has 0 bridgehead atoms. The van der Waals surface area contributed by atoms with Crippen LogP contribution in [-0.4, -0.2) is 10.8 Å². The molecule has 0 saturated heterocycles. The van der Waals surface area contributed by atoms with Crippen molar-refractivity contribution in [3.63, 3.8) is 0 Å². The lowest BCUT2D eigenvalue weighted by molar-refractivity contribution is -0.385. The fraction of sp³-hybridized carbons (Fsp3) is 0. The minimum absolute atomic E-state index is 0.0801. The average Bonchev–Trinajstić information content (AvgIpc) is 2.42. The Kier molecular flexibility index (Phi) is 4.82. The van der Waals surface area contributed by atoms with Crippen LogP contribution in [0.4, 0.5) is 11.4 Å². The van der Waals surface area contributed by atoms with E-state index in [1.165, 1.54) is 18.2 Å². The van der Waals surface area contributed by atoms with Gasteiger partial charge < -0.3 is 5.32 Å². The van der Waals surface area contributed by atoms with E-state index in [1.807, 2.05) is 0 Å². The molecule has 1 N–H and O–H groups in total. The van der Waals surface area contributed by atoms with E-state index in [0.29, 0.717) is 15.2 Å². The number of nitrogens with one attached hydrogen (secondary N) is 1. The van der Waals surface area contributed by atoms with Gasteiger partial charge in [-0.15, -0.1) is 0 Å². The number of halogens is 3. The summed E-state index contributed by atoms with van der Waals surface area (Å²) in [5, 5.41) is 14.1. The third kappa shape index (κ3) is 3.72. The fourth-order valence-electron chi connectivity index (χ4n) is 1.62. The van der Waals surface area contributed by atoms with Crippen molar-refractivity contribution in [3.05, 3.63) is 66.6 Å². The Bertz CT molecular complexity index is 737. The predicted molar refractivity (Wildman–Crippen MR) is 85.2 cm³/mol. The van der Waals surface area contributed by atoms with Gasteiger partial charge in [-0.3, -0.25) is 14.9 Å². The van der Waals surface area contributed by atoms with E-state index in [-0.39, 0.29) is 16.3 Å². The van der Waals surface area contributed by atoms with E-state index < -0.39 is 10.8 Å². The molecule has 0 radical (unpaired) electrons. The van der Waals surface area contributed by atoms with Crippen molar-refractivity contribution in [2.75, 3.05) is 5.32 Å². The van der Waals surface area contributed by atoms with E-state index >= 15 is 0 Å². The first kappa shape index (κ1) is 15.8. The molecule has 0 aliphatic carbocycles. The van der Waals surface area contributed by atoms with Gasteiger partial charge in [-0.05, 0) is 46.3 Å². The molecule has 21 heavy (non-hydrogen) atoms. The predicted octanol–water partition coefficient (Wildman–Crippen LogP) is 4.92. The van der Waals surface area contributed by atoms with Gasteiger partial charge in [0.2, 0.25) is 0 Å². The van der Waals surface area contributed by atoms with Crippen molar-refractivity contribution >= 4 is 56.4 Å². The molecule has 0 aliphatic rings. The zero-order chi connectivity index (χ0) is 15.6. The molecule has 0 aromatic heterocycles. The second kappa shape index (κ2) is 6.43. The minimum atomic E-state index is -0.657. The normalized spacial score (nSPS) is 10.2. The maximum absolute atomic E-state index is 12.1. The molecule has 5 nitrogen and oxygen atoms in total. The summed E-state index contributed by atoms with van der Waals surface area (Å²) < 4.78 is 0.680. The maximum atomic E-state index is 12.1. The number of carbonyl (C=O) groups excluding carboxylic acids is 1. The summed E-state index contributed by atoms with van der Waals surface area (Å²) in [5.74, 6) is -0.614. The lowest BCUT2D eigenvalue weighted by Gasteiger charge is -2.07. The highest BCUT2D eigenvalue weighted by atomic mass is 79.9. The average molecular weight is 390 g/mol. The fourth-order valence-corrected chi connectivity index (χ4v) is 2.21. The van der Waals surface area contributed by atoms with Crippen LogP contribution in [0, 0.1) is 10.1 Å². The summed E-state index contributed by atoms with van der Waals surface area (Å²) in [7, 11) is 0. The molecule has 0 saturated carbocycles. The topological polar surface area (TPSA) is 72.2 Å². The number of amides is 1. The van der Waals surface area contributed by atoms with Crippen LogP contribution < -0.4 is 5.32 Å². The summed E-state index contributed by atoms with van der Waals surface area (Å²) in [6, 6.07) is 8.66. The van der Waals surface area contributed by atoms with Crippen molar-refractivity contribution < 1.29 is 9.72 Å². The molecule has 2 rings (SSSR count). The number of anilines is 1. The van der Waals surface area contributed by atoms with Crippen LogP contribution in [0.3, 0.4) is 0 Å². The molecule has 8 heteroatoms. The van der Waals surface area contributed by atoms with Gasteiger partial charge in [0.05, 0.1) is 9.95 Å². The van der Waals surface area contributed by atoms with Gasteiger partial charge >= 0.3 is 0 Å². The number of nitrogens with zero attached hydrogens (tertiary/aromatic N) is 1. The number of nitro benzene ring substituents is 1. The quantitative estimate of drug-likeness (QED) is 0.598. The first-order chi connectivity index (χ1) is 9.88. The lowest BCUT2D eigenvalue weighted by atomic mass is 10.1. The van der Waals surface area contributed by atoms with Crippen LogP contribution >= 0.6 is 39.1 Å². The summed E-state index contributed by atoms with van der Waals surface area (Å²) in [5.41, 5.74) is -0.0101. The zero-order valence-electron chi connectivity index (χ0n) is 10.3. The van der Waals surface area contributed by atoms with Gasteiger partial charge in [0.25, 0.3) is 11.6 Å². The second-order valence-corrected chi connectivity index (χ2v) is 5.70. The molecule has 0 spiro atoms.